The summed E-state index contributed by atoms with van der Waals surface area (Å²) in [5.74, 6) is -1.90. The molecule has 0 saturated heterocycles. The zero-order valence-electron chi connectivity index (χ0n) is 25.5. The SMILES string of the molecule is Cc1cc(-c2ccc(N/N=C3/C=CC(=O)C(C(=O)O)=C3)c(C)c2)ccc1N=Nc1c(N)ccc(N=Nc2ccc(S(=O)(=O)O)cc2)c1N. The molecule has 0 aliphatic heterocycles. The summed E-state index contributed by atoms with van der Waals surface area (Å²) in [5, 5.41) is 30.2. The molecule has 0 saturated carbocycles. The smallest absolute Gasteiger partial charge is 0.339 e. The van der Waals surface area contributed by atoms with Crippen LogP contribution in [0.3, 0.4) is 0 Å². The second-order valence-electron chi connectivity index (χ2n) is 10.5. The molecular weight excluding hydrogens is 636 g/mol. The van der Waals surface area contributed by atoms with Crippen molar-refractivity contribution >= 4 is 67.4 Å². The Bertz CT molecular complexity index is 2220. The molecule has 1 aliphatic carbocycles. The van der Waals surface area contributed by atoms with Gasteiger partial charge in [0.05, 0.1) is 39.0 Å². The van der Waals surface area contributed by atoms with Crippen LogP contribution in [-0.4, -0.2) is 35.5 Å². The van der Waals surface area contributed by atoms with E-state index in [1.54, 1.807) is 12.1 Å². The molecule has 4 aromatic carbocycles. The predicted molar refractivity (Wildman–Crippen MR) is 182 cm³/mol. The van der Waals surface area contributed by atoms with Gasteiger partial charge in [0.25, 0.3) is 10.1 Å². The maximum absolute atomic E-state index is 11.7. The van der Waals surface area contributed by atoms with Gasteiger partial charge in [0, 0.05) is 0 Å². The molecule has 0 spiro atoms. The van der Waals surface area contributed by atoms with Crippen LogP contribution in [0.2, 0.25) is 0 Å². The number of anilines is 3. The van der Waals surface area contributed by atoms with Gasteiger partial charge < -0.3 is 16.6 Å². The van der Waals surface area contributed by atoms with Crippen LogP contribution >= 0.6 is 0 Å². The lowest BCUT2D eigenvalue weighted by Gasteiger charge is -2.11. The number of ketones is 1. The highest BCUT2D eigenvalue weighted by atomic mass is 32.2. The number of aryl methyl sites for hydroxylation is 2. The highest BCUT2D eigenvalue weighted by Crippen LogP contribution is 2.39. The third-order valence-corrected chi connectivity index (χ3v) is 8.01. The van der Waals surface area contributed by atoms with Crippen LogP contribution in [0.25, 0.3) is 11.1 Å². The number of rotatable bonds is 9. The van der Waals surface area contributed by atoms with Crippen LogP contribution in [0.1, 0.15) is 11.1 Å². The third-order valence-electron chi connectivity index (χ3n) is 7.15. The molecule has 242 valence electrons. The first kappa shape index (κ1) is 33.1. The lowest BCUT2D eigenvalue weighted by Crippen LogP contribution is -2.16. The van der Waals surface area contributed by atoms with Gasteiger partial charge in [0.15, 0.2) is 5.78 Å². The van der Waals surface area contributed by atoms with Crippen LogP contribution in [0.5, 0.6) is 0 Å². The summed E-state index contributed by atoms with van der Waals surface area (Å²) >= 11 is 0. The number of carbonyl (C=O) groups excluding carboxylic acids is 1. The van der Waals surface area contributed by atoms with E-state index in [4.69, 9.17) is 16.0 Å². The molecular formula is C33H28N8O6S. The van der Waals surface area contributed by atoms with E-state index in [0.29, 0.717) is 22.8 Å². The van der Waals surface area contributed by atoms with E-state index in [0.717, 1.165) is 22.3 Å². The fraction of sp³-hybridized carbons (Fsp3) is 0.0606. The summed E-state index contributed by atoms with van der Waals surface area (Å²) in [6.07, 6.45) is 3.83. The molecule has 0 unspecified atom stereocenters. The Morgan fingerprint density at radius 1 is 0.792 bits per heavy atom. The Hall–Kier alpha value is -6.32. The first-order valence-corrected chi connectivity index (χ1v) is 15.6. The fourth-order valence-corrected chi connectivity index (χ4v) is 4.99. The Kier molecular flexibility index (Phi) is 9.35. The number of hydrazone groups is 1. The molecule has 5 rings (SSSR count). The minimum atomic E-state index is -4.32. The van der Waals surface area contributed by atoms with Crippen molar-refractivity contribution < 1.29 is 27.7 Å². The number of carbonyl (C=O) groups is 2. The Balaban J connectivity index is 1.31. The summed E-state index contributed by atoms with van der Waals surface area (Å²) in [4.78, 5) is 22.7. The van der Waals surface area contributed by atoms with Gasteiger partial charge in [-0.2, -0.15) is 23.7 Å². The molecule has 0 amide bonds. The predicted octanol–water partition coefficient (Wildman–Crippen LogP) is 7.13. The molecule has 0 bridgehead atoms. The summed E-state index contributed by atoms with van der Waals surface area (Å²) in [6.45, 7) is 3.80. The van der Waals surface area contributed by atoms with Crippen LogP contribution in [0.4, 0.5) is 39.8 Å². The highest BCUT2D eigenvalue weighted by molar-refractivity contribution is 7.85. The van der Waals surface area contributed by atoms with Crippen molar-refractivity contribution in [1.29, 1.82) is 0 Å². The second-order valence-corrected chi connectivity index (χ2v) is 12.0. The van der Waals surface area contributed by atoms with E-state index in [1.807, 2.05) is 50.2 Å². The zero-order valence-corrected chi connectivity index (χ0v) is 26.3. The van der Waals surface area contributed by atoms with Gasteiger partial charge in [-0.1, -0.05) is 12.1 Å². The molecule has 1 aliphatic rings. The molecule has 14 nitrogen and oxygen atoms in total. The van der Waals surface area contributed by atoms with Crippen LogP contribution in [-0.2, 0) is 19.7 Å². The van der Waals surface area contributed by atoms with Crippen LogP contribution in [0.15, 0.2) is 127 Å². The number of carboxylic acid groups (broad SMARTS) is 1. The number of benzene rings is 4. The number of nitrogens with two attached hydrogens (primary N) is 2. The minimum Gasteiger partial charge on any atom is -0.478 e. The van der Waals surface area contributed by atoms with E-state index < -0.39 is 21.9 Å². The van der Waals surface area contributed by atoms with Gasteiger partial charge in [-0.25, -0.2) is 4.79 Å². The lowest BCUT2D eigenvalue weighted by molar-refractivity contribution is -0.134. The zero-order chi connectivity index (χ0) is 34.6. The topological polar surface area (TPSA) is 235 Å². The van der Waals surface area contributed by atoms with Crippen LogP contribution in [0, 0.1) is 13.8 Å². The van der Waals surface area contributed by atoms with Crippen molar-refractivity contribution in [3.05, 3.63) is 108 Å². The molecule has 7 N–H and O–H groups in total. The van der Waals surface area contributed by atoms with Gasteiger partial charge in [0.2, 0.25) is 0 Å². The maximum atomic E-state index is 11.7. The van der Waals surface area contributed by atoms with Gasteiger partial charge >= 0.3 is 5.97 Å². The van der Waals surface area contributed by atoms with E-state index in [2.05, 4.69) is 31.0 Å². The fourth-order valence-electron chi connectivity index (χ4n) is 4.51. The summed E-state index contributed by atoms with van der Waals surface area (Å²) in [6, 6.07) is 19.7. The molecule has 0 heterocycles. The number of nitrogens with one attached hydrogen (secondary N) is 1. The normalized spacial score (nSPS) is 14.2. The van der Waals surface area contributed by atoms with Gasteiger partial charge in [-0.05, 0) is 115 Å². The Morgan fingerprint density at radius 3 is 2.08 bits per heavy atom. The molecule has 0 atom stereocenters. The van der Waals surface area contributed by atoms with E-state index in [-0.39, 0.29) is 33.2 Å². The van der Waals surface area contributed by atoms with Crippen molar-refractivity contribution in [1.82, 2.24) is 0 Å². The maximum Gasteiger partial charge on any atom is 0.339 e. The van der Waals surface area contributed by atoms with Crippen molar-refractivity contribution in [2.75, 3.05) is 16.9 Å². The minimum absolute atomic E-state index is 0.145. The number of hydrogen-bond donors (Lipinski definition) is 5. The van der Waals surface area contributed by atoms with Crippen molar-refractivity contribution in [2.24, 2.45) is 25.6 Å². The number of carboxylic acids is 1. The van der Waals surface area contributed by atoms with Crippen molar-refractivity contribution in [2.45, 2.75) is 18.7 Å². The molecule has 15 heteroatoms. The Labute approximate surface area is 274 Å². The number of hydrogen-bond acceptors (Lipinski definition) is 12. The van der Waals surface area contributed by atoms with Gasteiger partial charge in [0.1, 0.15) is 16.9 Å². The van der Waals surface area contributed by atoms with E-state index >= 15 is 0 Å². The molecule has 48 heavy (non-hydrogen) atoms. The van der Waals surface area contributed by atoms with Crippen molar-refractivity contribution in [3.63, 3.8) is 0 Å². The molecule has 4 aromatic rings. The first-order chi connectivity index (χ1) is 22.8. The molecule has 0 radical (unpaired) electrons. The van der Waals surface area contributed by atoms with E-state index in [1.165, 1.54) is 42.5 Å². The molecule has 0 fully saturated rings. The number of nitrogen functional groups attached to an aromatic ring is 2. The molecule has 0 aromatic heterocycles. The standard InChI is InChI=1S/C33H28N8O6S/c1-18-15-20(3-11-27(18)38-37-23-7-14-30(42)25(17-23)33(43)44)21-4-12-28(19(2)16-21)39-41-32-26(34)10-13-29(31(32)35)40-36-22-5-8-24(9-6-22)48(45,46)47/h3-17,38H,34-35H2,1-2H3,(H,43,44)(H,45,46,47)/b37-23-,40-36?,41-39?. The van der Waals surface area contributed by atoms with Crippen LogP contribution < -0.4 is 16.9 Å². The highest BCUT2D eigenvalue weighted by Gasteiger charge is 2.19. The largest absolute Gasteiger partial charge is 0.478 e. The summed E-state index contributed by atoms with van der Waals surface area (Å²) in [7, 11) is -4.32. The average Bonchev–Trinajstić information content (AvgIpc) is 3.04. The number of nitrogens with zero attached hydrogens (tertiary/aromatic N) is 5. The summed E-state index contributed by atoms with van der Waals surface area (Å²) in [5.41, 5.74) is 21.4. The number of aliphatic carboxylic acids is 1. The monoisotopic (exact) mass is 664 g/mol. The first-order valence-electron chi connectivity index (χ1n) is 14.1. The average molecular weight is 665 g/mol. The van der Waals surface area contributed by atoms with Gasteiger partial charge in [-0.15, -0.1) is 10.2 Å². The second kappa shape index (κ2) is 13.6. The summed E-state index contributed by atoms with van der Waals surface area (Å²) < 4.78 is 31.6. The van der Waals surface area contributed by atoms with Gasteiger partial charge in [-0.3, -0.25) is 14.8 Å². The quantitative estimate of drug-likeness (QED) is 0.0305. The Morgan fingerprint density at radius 2 is 1.44 bits per heavy atom. The van der Waals surface area contributed by atoms with E-state index in [9.17, 15) is 23.1 Å². The lowest BCUT2D eigenvalue weighted by atomic mass is 10.00. The number of azo groups is 2. The number of allylic oxidation sites excluding steroid dienone is 3. The third kappa shape index (κ3) is 7.55. The van der Waals surface area contributed by atoms with Crippen molar-refractivity contribution in [3.8, 4) is 11.1 Å².